The molecule has 6 nitrogen and oxygen atoms in total. The lowest BCUT2D eigenvalue weighted by molar-refractivity contribution is -0.127. The normalized spacial score (nSPS) is 23.3. The maximum Gasteiger partial charge on any atom is 0.224 e. The average Bonchev–Trinajstić information content (AvgIpc) is 3.41. The molecule has 0 spiro atoms. The molecule has 1 unspecified atom stereocenters. The molecule has 1 amide bonds. The minimum absolute atomic E-state index is 0.0449. The maximum absolute atomic E-state index is 13.0. The predicted octanol–water partition coefficient (Wildman–Crippen LogP) is 3.59. The number of likely N-dealkylation sites (N-methyl/N-ethyl adjacent to an activating group) is 1. The Hall–Kier alpha value is -2.60. The molecule has 1 fully saturated rings. The van der Waals surface area contributed by atoms with Gasteiger partial charge in [0.05, 0.1) is 12.2 Å². The van der Waals surface area contributed by atoms with Gasteiger partial charge in [-0.15, -0.1) is 0 Å². The van der Waals surface area contributed by atoms with Crippen LogP contribution in [0, 0.1) is 5.92 Å². The van der Waals surface area contributed by atoms with Crippen LogP contribution in [-0.4, -0.2) is 51.1 Å². The number of aryl methyl sites for hydroxylation is 1. The van der Waals surface area contributed by atoms with Crippen molar-refractivity contribution in [3.05, 3.63) is 54.2 Å². The van der Waals surface area contributed by atoms with Crippen LogP contribution >= 0.6 is 0 Å². The number of likely N-dealkylation sites (tertiary alicyclic amines) is 1. The summed E-state index contributed by atoms with van der Waals surface area (Å²) in [6, 6.07) is 7.67. The van der Waals surface area contributed by atoms with Crippen LogP contribution in [-0.2, 0) is 17.8 Å². The van der Waals surface area contributed by atoms with Crippen molar-refractivity contribution in [3.8, 4) is 0 Å². The summed E-state index contributed by atoms with van der Waals surface area (Å²) < 4.78 is 4.46. The molecule has 5 rings (SSSR count). The number of carbonyl (C=O) groups excluding carboxylic acids is 1. The zero-order chi connectivity index (χ0) is 21.5. The number of hydrogen-bond donors (Lipinski definition) is 1. The number of amides is 1. The van der Waals surface area contributed by atoms with Gasteiger partial charge in [0.25, 0.3) is 0 Å². The smallest absolute Gasteiger partial charge is 0.224 e. The molecule has 0 saturated carbocycles. The number of rotatable bonds is 6. The third-order valence-electron chi connectivity index (χ3n) is 7.25. The Balaban J connectivity index is 1.31. The number of aromatic nitrogens is 3. The molecule has 1 N–H and O–H groups in total. The van der Waals surface area contributed by atoms with Gasteiger partial charge in [-0.3, -0.25) is 4.79 Å². The van der Waals surface area contributed by atoms with Crippen molar-refractivity contribution in [1.82, 2.24) is 24.3 Å². The van der Waals surface area contributed by atoms with Crippen LogP contribution < -0.4 is 5.32 Å². The monoisotopic (exact) mass is 419 g/mol. The van der Waals surface area contributed by atoms with E-state index in [-0.39, 0.29) is 11.8 Å². The van der Waals surface area contributed by atoms with Crippen molar-refractivity contribution in [3.63, 3.8) is 0 Å². The van der Waals surface area contributed by atoms with E-state index in [1.54, 1.807) is 6.20 Å². The summed E-state index contributed by atoms with van der Waals surface area (Å²) in [5, 5.41) is 4.63. The van der Waals surface area contributed by atoms with Crippen molar-refractivity contribution in [2.24, 2.45) is 5.92 Å². The fourth-order valence-corrected chi connectivity index (χ4v) is 5.73. The van der Waals surface area contributed by atoms with Crippen LogP contribution in [0.2, 0.25) is 0 Å². The van der Waals surface area contributed by atoms with Crippen LogP contribution in [0.3, 0.4) is 0 Å². The predicted molar refractivity (Wildman–Crippen MR) is 123 cm³/mol. The van der Waals surface area contributed by atoms with Gasteiger partial charge in [0.15, 0.2) is 0 Å². The third kappa shape index (κ3) is 3.67. The molecule has 3 aromatic rings. The van der Waals surface area contributed by atoms with Crippen LogP contribution in [0.5, 0.6) is 0 Å². The van der Waals surface area contributed by atoms with Gasteiger partial charge in [0.2, 0.25) is 5.91 Å². The van der Waals surface area contributed by atoms with Crippen LogP contribution in [0.15, 0.2) is 43.1 Å². The second-order valence-electron chi connectivity index (χ2n) is 9.59. The van der Waals surface area contributed by atoms with E-state index >= 15 is 0 Å². The fourth-order valence-electron chi connectivity index (χ4n) is 5.73. The largest absolute Gasteiger partial charge is 0.356 e. The molecule has 1 aliphatic carbocycles. The van der Waals surface area contributed by atoms with E-state index in [1.807, 2.05) is 12.5 Å². The van der Waals surface area contributed by atoms with E-state index in [0.717, 1.165) is 32.4 Å². The van der Waals surface area contributed by atoms with E-state index in [0.29, 0.717) is 24.5 Å². The Morgan fingerprint density at radius 2 is 2.19 bits per heavy atom. The SMILES string of the molecule is CC(C)n1cc2c3c(cccc31)C1C[C@@H](C(=O)NCCCn3ccnc3)CN(C)[C@@H]1C2. The highest BCUT2D eigenvalue weighted by atomic mass is 16.1. The molecule has 3 atom stereocenters. The summed E-state index contributed by atoms with van der Waals surface area (Å²) in [6.07, 6.45) is 10.9. The molecular formula is C25H33N5O. The quantitative estimate of drug-likeness (QED) is 0.622. The fraction of sp³-hybridized carbons (Fsp3) is 0.520. The molecule has 1 aromatic carbocycles. The Labute approximate surface area is 184 Å². The highest BCUT2D eigenvalue weighted by Crippen LogP contribution is 2.45. The summed E-state index contributed by atoms with van der Waals surface area (Å²) in [5.74, 6) is 0.664. The molecule has 31 heavy (non-hydrogen) atoms. The molecular weight excluding hydrogens is 386 g/mol. The molecule has 2 aliphatic rings. The number of nitrogens with zero attached hydrogens (tertiary/aromatic N) is 4. The lowest BCUT2D eigenvalue weighted by Gasteiger charge is -2.45. The Morgan fingerprint density at radius 3 is 2.97 bits per heavy atom. The first-order chi connectivity index (χ1) is 15.0. The molecule has 0 radical (unpaired) electrons. The number of fused-ring (bicyclic) bond motifs is 2. The summed E-state index contributed by atoms with van der Waals surface area (Å²) in [7, 11) is 2.20. The van der Waals surface area contributed by atoms with E-state index in [9.17, 15) is 4.79 Å². The minimum atomic E-state index is 0.0449. The summed E-state index contributed by atoms with van der Waals surface area (Å²) in [6.45, 7) is 6.93. The first-order valence-corrected chi connectivity index (χ1v) is 11.6. The number of nitrogens with one attached hydrogen (secondary N) is 1. The van der Waals surface area contributed by atoms with Crippen molar-refractivity contribution >= 4 is 16.8 Å². The number of carbonyl (C=O) groups is 1. The Bertz CT molecular complexity index is 1070. The van der Waals surface area contributed by atoms with Gasteiger partial charge in [-0.1, -0.05) is 12.1 Å². The molecule has 1 saturated heterocycles. The molecule has 164 valence electrons. The lowest BCUT2D eigenvalue weighted by atomic mass is 9.72. The summed E-state index contributed by atoms with van der Waals surface area (Å²) >= 11 is 0. The van der Waals surface area contributed by atoms with Crippen LogP contribution in [0.4, 0.5) is 0 Å². The number of hydrogen-bond acceptors (Lipinski definition) is 3. The van der Waals surface area contributed by atoms with Crippen LogP contribution in [0.25, 0.3) is 10.9 Å². The first kappa shape index (κ1) is 20.3. The summed E-state index contributed by atoms with van der Waals surface area (Å²) in [5.41, 5.74) is 4.25. The number of imidazole rings is 1. The van der Waals surface area contributed by atoms with E-state index in [4.69, 9.17) is 0 Å². The van der Waals surface area contributed by atoms with Gasteiger partial charge in [-0.2, -0.15) is 0 Å². The molecule has 3 heterocycles. The van der Waals surface area contributed by atoms with Crippen molar-refractivity contribution in [2.75, 3.05) is 20.1 Å². The minimum Gasteiger partial charge on any atom is -0.356 e. The lowest BCUT2D eigenvalue weighted by Crippen LogP contribution is -2.51. The topological polar surface area (TPSA) is 55.1 Å². The average molecular weight is 420 g/mol. The van der Waals surface area contributed by atoms with Gasteiger partial charge in [0.1, 0.15) is 0 Å². The second-order valence-corrected chi connectivity index (χ2v) is 9.59. The second kappa shape index (κ2) is 8.15. The van der Waals surface area contributed by atoms with Gasteiger partial charge >= 0.3 is 0 Å². The highest BCUT2D eigenvalue weighted by molar-refractivity contribution is 5.89. The third-order valence-corrected chi connectivity index (χ3v) is 7.25. The van der Waals surface area contributed by atoms with Crippen molar-refractivity contribution in [2.45, 2.75) is 57.7 Å². The molecule has 0 bridgehead atoms. The Morgan fingerprint density at radius 1 is 1.32 bits per heavy atom. The number of piperidine rings is 1. The Kier molecular flexibility index (Phi) is 5.34. The zero-order valence-corrected chi connectivity index (χ0v) is 18.8. The molecule has 6 heteroatoms. The van der Waals surface area contributed by atoms with Crippen molar-refractivity contribution < 1.29 is 4.79 Å². The first-order valence-electron chi connectivity index (χ1n) is 11.6. The van der Waals surface area contributed by atoms with Gasteiger partial charge < -0.3 is 19.4 Å². The van der Waals surface area contributed by atoms with Gasteiger partial charge in [-0.05, 0) is 57.4 Å². The van der Waals surface area contributed by atoms with Gasteiger partial charge in [0, 0.05) is 67.1 Å². The van der Waals surface area contributed by atoms with Crippen LogP contribution in [0.1, 0.15) is 49.8 Å². The van der Waals surface area contributed by atoms with E-state index in [2.05, 4.69) is 69.6 Å². The van der Waals surface area contributed by atoms with Crippen molar-refractivity contribution in [1.29, 1.82) is 0 Å². The van der Waals surface area contributed by atoms with E-state index < -0.39 is 0 Å². The van der Waals surface area contributed by atoms with E-state index in [1.165, 1.54) is 22.0 Å². The molecule has 2 aromatic heterocycles. The molecule has 1 aliphatic heterocycles. The highest BCUT2D eigenvalue weighted by Gasteiger charge is 2.41. The van der Waals surface area contributed by atoms with Gasteiger partial charge in [-0.25, -0.2) is 4.98 Å². The zero-order valence-electron chi connectivity index (χ0n) is 18.8. The maximum atomic E-state index is 13.0. The standard InChI is InChI=1S/C25H33N5O/c1-17(2)30-15-18-13-23-21(20-6-4-7-22(30)24(18)20)12-19(14-28(23)3)25(31)27-8-5-10-29-11-9-26-16-29/h4,6-7,9,11,15-17,19,21,23H,5,8,10,12-14H2,1-3H3,(H,27,31)/t19-,21?,23-/m1/s1. The summed E-state index contributed by atoms with van der Waals surface area (Å²) in [4.78, 5) is 19.5. The number of benzene rings is 1.